The van der Waals surface area contributed by atoms with Gasteiger partial charge in [0.2, 0.25) is 0 Å². The maximum Gasteiger partial charge on any atom is 0.171 e. The monoisotopic (exact) mass is 324 g/mol. The van der Waals surface area contributed by atoms with Crippen LogP contribution in [0, 0.1) is 28.7 Å². The second-order valence-corrected chi connectivity index (χ2v) is 4.74. The van der Waals surface area contributed by atoms with Crippen molar-refractivity contribution in [1.29, 1.82) is 5.26 Å². The van der Waals surface area contributed by atoms with E-state index in [1.807, 2.05) is 26.1 Å². The van der Waals surface area contributed by atoms with Gasteiger partial charge in [-0.25, -0.2) is 9.67 Å². The first-order valence-electron chi connectivity index (χ1n) is 4.70. The zero-order valence-electron chi connectivity index (χ0n) is 8.90. The predicted molar refractivity (Wildman–Crippen MR) is 68.3 cm³/mol. The molecule has 0 aliphatic heterocycles. The van der Waals surface area contributed by atoms with E-state index < -0.39 is 0 Å². The molecular formula is C11H9IN4. The van der Waals surface area contributed by atoms with E-state index in [-0.39, 0.29) is 0 Å². The zero-order chi connectivity index (χ0) is 11.7. The molecule has 2 heterocycles. The van der Waals surface area contributed by atoms with Crippen LogP contribution in [-0.2, 0) is 0 Å². The molecule has 0 aliphatic carbocycles. The molecule has 0 saturated carbocycles. The largest absolute Gasteiger partial charge is 0.233 e. The number of pyridine rings is 1. The Kier molecular flexibility index (Phi) is 2.92. The van der Waals surface area contributed by atoms with Crippen LogP contribution in [0.3, 0.4) is 0 Å². The third-order valence-electron chi connectivity index (χ3n) is 2.21. The van der Waals surface area contributed by atoms with Crippen molar-refractivity contribution in [2.75, 3.05) is 0 Å². The average molecular weight is 324 g/mol. The van der Waals surface area contributed by atoms with Crippen LogP contribution in [0.15, 0.2) is 18.5 Å². The average Bonchev–Trinajstić information content (AvgIpc) is 2.63. The summed E-state index contributed by atoms with van der Waals surface area (Å²) in [4.78, 5) is 4.36. The maximum atomic E-state index is 9.13. The molecule has 0 unspecified atom stereocenters. The molecule has 0 radical (unpaired) electrons. The fraction of sp³-hybridized carbons (Fsp3) is 0.182. The smallest absolute Gasteiger partial charge is 0.171 e. The summed E-state index contributed by atoms with van der Waals surface area (Å²) in [6, 6.07) is 4.07. The molecule has 0 N–H and O–H groups in total. The summed E-state index contributed by atoms with van der Waals surface area (Å²) in [5.41, 5.74) is 2.39. The molecule has 0 bridgehead atoms. The van der Waals surface area contributed by atoms with Crippen molar-refractivity contribution in [1.82, 2.24) is 14.8 Å². The Morgan fingerprint density at radius 3 is 2.75 bits per heavy atom. The first-order chi connectivity index (χ1) is 7.61. The fourth-order valence-electron chi connectivity index (χ4n) is 1.54. The third kappa shape index (κ3) is 1.93. The lowest BCUT2D eigenvalue weighted by molar-refractivity contribution is 0.834. The van der Waals surface area contributed by atoms with Gasteiger partial charge in [0.15, 0.2) is 5.82 Å². The molecule has 0 aliphatic rings. The number of nitriles is 1. The number of rotatable bonds is 1. The molecule has 2 rings (SSSR count). The van der Waals surface area contributed by atoms with Gasteiger partial charge >= 0.3 is 0 Å². The summed E-state index contributed by atoms with van der Waals surface area (Å²) < 4.78 is 2.66. The topological polar surface area (TPSA) is 54.5 Å². The summed E-state index contributed by atoms with van der Waals surface area (Å²) in [6.45, 7) is 3.82. The molecule has 16 heavy (non-hydrogen) atoms. The normalized spacial score (nSPS) is 10.1. The summed E-state index contributed by atoms with van der Waals surface area (Å²) in [6.07, 6.45) is 3.59. The minimum atomic E-state index is 0.574. The van der Waals surface area contributed by atoms with Gasteiger partial charge in [-0.2, -0.15) is 10.4 Å². The van der Waals surface area contributed by atoms with Crippen molar-refractivity contribution >= 4 is 22.6 Å². The number of halogens is 1. The van der Waals surface area contributed by atoms with Crippen LogP contribution in [0.1, 0.15) is 16.8 Å². The molecule has 80 valence electrons. The Morgan fingerprint density at radius 2 is 2.19 bits per heavy atom. The highest BCUT2D eigenvalue weighted by molar-refractivity contribution is 14.1. The quantitative estimate of drug-likeness (QED) is 0.757. The molecule has 2 aromatic rings. The maximum absolute atomic E-state index is 9.13. The molecule has 0 amide bonds. The van der Waals surface area contributed by atoms with Crippen LogP contribution in [-0.4, -0.2) is 14.8 Å². The van der Waals surface area contributed by atoms with Crippen LogP contribution in [0.2, 0.25) is 0 Å². The van der Waals surface area contributed by atoms with Crippen LogP contribution < -0.4 is 0 Å². The number of hydrogen-bond acceptors (Lipinski definition) is 3. The van der Waals surface area contributed by atoms with Crippen molar-refractivity contribution in [3.05, 3.63) is 38.9 Å². The minimum Gasteiger partial charge on any atom is -0.233 e. The van der Waals surface area contributed by atoms with Gasteiger partial charge in [-0.3, -0.25) is 0 Å². The first kappa shape index (κ1) is 11.1. The van der Waals surface area contributed by atoms with Gasteiger partial charge in [-0.1, -0.05) is 0 Å². The van der Waals surface area contributed by atoms with E-state index in [1.54, 1.807) is 10.9 Å². The van der Waals surface area contributed by atoms with Crippen LogP contribution in [0.5, 0.6) is 0 Å². The molecule has 0 aromatic carbocycles. The summed E-state index contributed by atoms with van der Waals surface area (Å²) in [7, 11) is 0. The summed E-state index contributed by atoms with van der Waals surface area (Å²) >= 11 is 2.17. The number of hydrogen-bond donors (Lipinski definition) is 0. The van der Waals surface area contributed by atoms with Gasteiger partial charge in [-0.15, -0.1) is 0 Å². The molecule has 0 fully saturated rings. The van der Waals surface area contributed by atoms with E-state index >= 15 is 0 Å². The van der Waals surface area contributed by atoms with E-state index in [4.69, 9.17) is 5.26 Å². The Balaban J connectivity index is 2.69. The first-order valence-corrected chi connectivity index (χ1v) is 5.78. The van der Waals surface area contributed by atoms with E-state index in [0.717, 1.165) is 14.8 Å². The van der Waals surface area contributed by atoms with E-state index in [1.165, 1.54) is 0 Å². The van der Waals surface area contributed by atoms with Crippen molar-refractivity contribution in [2.24, 2.45) is 0 Å². The van der Waals surface area contributed by atoms with Gasteiger partial charge in [-0.05, 0) is 48.1 Å². The Morgan fingerprint density at radius 1 is 1.44 bits per heavy atom. The molecule has 2 aromatic heterocycles. The van der Waals surface area contributed by atoms with Gasteiger partial charge in [0.05, 0.1) is 15.3 Å². The zero-order valence-corrected chi connectivity index (χ0v) is 11.1. The van der Waals surface area contributed by atoms with E-state index in [9.17, 15) is 0 Å². The van der Waals surface area contributed by atoms with Gasteiger partial charge in [0.25, 0.3) is 0 Å². The minimum absolute atomic E-state index is 0.574. The lowest BCUT2D eigenvalue weighted by Gasteiger charge is -2.06. The van der Waals surface area contributed by atoms with Crippen LogP contribution in [0.4, 0.5) is 0 Å². The summed E-state index contributed by atoms with van der Waals surface area (Å²) in [5, 5.41) is 13.3. The van der Waals surface area contributed by atoms with Crippen molar-refractivity contribution in [3.63, 3.8) is 0 Å². The van der Waals surface area contributed by atoms with E-state index in [0.29, 0.717) is 11.4 Å². The summed E-state index contributed by atoms with van der Waals surface area (Å²) in [5.74, 6) is 0.600. The lowest BCUT2D eigenvalue weighted by Crippen LogP contribution is -2.04. The predicted octanol–water partition coefficient (Wildman–Crippen LogP) is 2.36. The molecular weight excluding hydrogens is 315 g/mol. The second kappa shape index (κ2) is 4.22. The third-order valence-corrected chi connectivity index (χ3v) is 2.76. The number of nitrogens with zero attached hydrogens (tertiary/aromatic N) is 4. The second-order valence-electron chi connectivity index (χ2n) is 3.49. The Labute approximate surface area is 107 Å². The SMILES string of the molecule is Cc1cc(C)c(C#N)c(-n2cc(I)cn2)n1. The van der Waals surface area contributed by atoms with Crippen molar-refractivity contribution < 1.29 is 0 Å². The van der Waals surface area contributed by atoms with Gasteiger partial charge in [0, 0.05) is 11.9 Å². The van der Waals surface area contributed by atoms with Crippen molar-refractivity contribution in [3.8, 4) is 11.9 Å². The van der Waals surface area contributed by atoms with Crippen LogP contribution in [0.25, 0.3) is 5.82 Å². The van der Waals surface area contributed by atoms with E-state index in [2.05, 4.69) is 38.7 Å². The highest BCUT2D eigenvalue weighted by Gasteiger charge is 2.11. The van der Waals surface area contributed by atoms with Gasteiger partial charge in [0.1, 0.15) is 6.07 Å². The molecule has 0 saturated heterocycles. The molecule has 4 nitrogen and oxygen atoms in total. The number of aromatic nitrogens is 3. The lowest BCUT2D eigenvalue weighted by atomic mass is 10.1. The van der Waals surface area contributed by atoms with Gasteiger partial charge < -0.3 is 0 Å². The fourth-order valence-corrected chi connectivity index (χ4v) is 1.93. The Hall–Kier alpha value is -1.42. The van der Waals surface area contributed by atoms with Crippen molar-refractivity contribution in [2.45, 2.75) is 13.8 Å². The molecule has 0 atom stereocenters. The van der Waals surface area contributed by atoms with Crippen LogP contribution >= 0.6 is 22.6 Å². The standard InChI is InChI=1S/C11H9IN4/c1-7-3-8(2)15-11(10(7)4-13)16-6-9(12)5-14-16/h3,5-6H,1-2H3. The highest BCUT2D eigenvalue weighted by atomic mass is 127. The highest BCUT2D eigenvalue weighted by Crippen LogP contribution is 2.17. The molecule has 0 spiro atoms. The number of aryl methyl sites for hydroxylation is 2. The Bertz CT molecular complexity index is 580. The molecule has 5 heteroatoms.